The highest BCUT2D eigenvalue weighted by Crippen LogP contribution is 2.16. The van der Waals surface area contributed by atoms with Crippen LogP contribution in [0.2, 0.25) is 0 Å². The van der Waals surface area contributed by atoms with Crippen LogP contribution in [0.3, 0.4) is 0 Å². The summed E-state index contributed by atoms with van der Waals surface area (Å²) in [5.74, 6) is -2.07. The van der Waals surface area contributed by atoms with Crippen molar-refractivity contribution in [2.24, 2.45) is 5.92 Å². The molecular formula is C18H26N2O4. The second-order valence-corrected chi connectivity index (χ2v) is 6.40. The number of carboxylic acids is 1. The first-order valence-corrected chi connectivity index (χ1v) is 7.98. The number of nitrogens with one attached hydrogen (secondary N) is 2. The first kappa shape index (κ1) is 19.7. The van der Waals surface area contributed by atoms with Crippen LogP contribution in [-0.2, 0) is 20.8 Å². The molecule has 0 aliphatic carbocycles. The van der Waals surface area contributed by atoms with E-state index in [0.717, 1.165) is 16.7 Å². The van der Waals surface area contributed by atoms with Crippen LogP contribution in [0, 0.1) is 19.8 Å². The van der Waals surface area contributed by atoms with Gasteiger partial charge in [-0.3, -0.25) is 9.59 Å². The standard InChI is InChI=1S/C18H26N2O4/c1-10(2)16(19-13(5)21)17(22)20-15(18(23)24)9-14-11(3)7-6-8-12(14)4/h6-8,10,15-16H,9H2,1-5H3,(H,19,21)(H,20,22)(H,23,24)/t15-,16-/m1/s1. The molecule has 6 heteroatoms. The maximum atomic E-state index is 12.4. The zero-order valence-electron chi connectivity index (χ0n) is 14.8. The molecule has 0 radical (unpaired) electrons. The summed E-state index contributed by atoms with van der Waals surface area (Å²) in [5, 5.41) is 14.6. The number of hydrogen-bond acceptors (Lipinski definition) is 3. The molecule has 1 rings (SSSR count). The first-order valence-electron chi connectivity index (χ1n) is 7.98. The van der Waals surface area contributed by atoms with E-state index in [9.17, 15) is 19.5 Å². The van der Waals surface area contributed by atoms with Gasteiger partial charge >= 0.3 is 5.97 Å². The van der Waals surface area contributed by atoms with E-state index in [4.69, 9.17) is 0 Å². The molecule has 0 saturated heterocycles. The molecule has 2 atom stereocenters. The molecule has 0 fully saturated rings. The Morgan fingerprint density at radius 3 is 2.04 bits per heavy atom. The topological polar surface area (TPSA) is 95.5 Å². The molecule has 0 aliphatic heterocycles. The number of amides is 2. The van der Waals surface area contributed by atoms with Crippen molar-refractivity contribution < 1.29 is 19.5 Å². The Bertz CT molecular complexity index is 605. The van der Waals surface area contributed by atoms with E-state index in [2.05, 4.69) is 10.6 Å². The van der Waals surface area contributed by atoms with Crippen LogP contribution in [0.1, 0.15) is 37.5 Å². The molecule has 1 aromatic rings. The average molecular weight is 334 g/mol. The summed E-state index contributed by atoms with van der Waals surface area (Å²) in [7, 11) is 0. The van der Waals surface area contributed by atoms with E-state index in [1.54, 1.807) is 13.8 Å². The Morgan fingerprint density at radius 1 is 1.08 bits per heavy atom. The summed E-state index contributed by atoms with van der Waals surface area (Å²) in [6, 6.07) is 3.93. The number of carbonyl (C=O) groups is 3. The van der Waals surface area contributed by atoms with Gasteiger partial charge in [-0.25, -0.2) is 4.79 Å². The molecule has 0 bridgehead atoms. The Balaban J connectivity index is 2.95. The van der Waals surface area contributed by atoms with Crippen molar-refractivity contribution in [1.29, 1.82) is 0 Å². The average Bonchev–Trinajstić information content (AvgIpc) is 2.46. The van der Waals surface area contributed by atoms with Crippen molar-refractivity contribution in [3.05, 3.63) is 34.9 Å². The van der Waals surface area contributed by atoms with Crippen LogP contribution in [0.5, 0.6) is 0 Å². The summed E-state index contributed by atoms with van der Waals surface area (Å²) in [6.45, 7) is 8.74. The Kier molecular flexibility index (Phi) is 6.95. The van der Waals surface area contributed by atoms with Crippen LogP contribution < -0.4 is 10.6 Å². The third kappa shape index (κ3) is 5.37. The highest BCUT2D eigenvalue weighted by atomic mass is 16.4. The lowest BCUT2D eigenvalue weighted by Crippen LogP contribution is -2.53. The van der Waals surface area contributed by atoms with Gasteiger partial charge in [0, 0.05) is 13.3 Å². The van der Waals surface area contributed by atoms with Gasteiger partial charge in [0.1, 0.15) is 12.1 Å². The van der Waals surface area contributed by atoms with Gasteiger partial charge in [-0.05, 0) is 36.5 Å². The highest BCUT2D eigenvalue weighted by molar-refractivity contribution is 5.90. The third-order valence-electron chi connectivity index (χ3n) is 3.98. The highest BCUT2D eigenvalue weighted by Gasteiger charge is 2.28. The Labute approximate surface area is 142 Å². The molecule has 1 aromatic carbocycles. The van der Waals surface area contributed by atoms with Crippen molar-refractivity contribution in [2.75, 3.05) is 0 Å². The lowest BCUT2D eigenvalue weighted by Gasteiger charge is -2.24. The summed E-state index contributed by atoms with van der Waals surface area (Å²) < 4.78 is 0. The van der Waals surface area contributed by atoms with Crippen molar-refractivity contribution in [3.63, 3.8) is 0 Å². The predicted octanol–water partition coefficient (Wildman–Crippen LogP) is 1.58. The van der Waals surface area contributed by atoms with E-state index in [0.29, 0.717) is 0 Å². The fraction of sp³-hybridized carbons (Fsp3) is 0.500. The largest absolute Gasteiger partial charge is 0.480 e. The molecule has 6 nitrogen and oxygen atoms in total. The van der Waals surface area contributed by atoms with Crippen molar-refractivity contribution in [2.45, 2.75) is 53.1 Å². The molecule has 0 unspecified atom stereocenters. The van der Waals surface area contributed by atoms with Gasteiger partial charge < -0.3 is 15.7 Å². The van der Waals surface area contributed by atoms with Crippen LogP contribution in [0.25, 0.3) is 0 Å². The van der Waals surface area contributed by atoms with Gasteiger partial charge in [0.2, 0.25) is 11.8 Å². The minimum absolute atomic E-state index is 0.149. The van der Waals surface area contributed by atoms with Gasteiger partial charge in [0.15, 0.2) is 0 Å². The predicted molar refractivity (Wildman–Crippen MR) is 91.6 cm³/mol. The molecule has 0 aliphatic rings. The number of benzene rings is 1. The summed E-state index contributed by atoms with van der Waals surface area (Å²) in [5.41, 5.74) is 2.88. The molecular weight excluding hydrogens is 308 g/mol. The first-order chi connectivity index (χ1) is 11.1. The molecule has 3 N–H and O–H groups in total. The number of aryl methyl sites for hydroxylation is 2. The number of carbonyl (C=O) groups excluding carboxylic acids is 2. The van der Waals surface area contributed by atoms with Crippen molar-refractivity contribution >= 4 is 17.8 Å². The van der Waals surface area contributed by atoms with Gasteiger partial charge in [-0.1, -0.05) is 32.0 Å². The molecule has 0 saturated carbocycles. The van der Waals surface area contributed by atoms with Crippen molar-refractivity contribution in [3.8, 4) is 0 Å². The van der Waals surface area contributed by atoms with Crippen LogP contribution in [-0.4, -0.2) is 35.0 Å². The molecule has 2 amide bonds. The zero-order valence-corrected chi connectivity index (χ0v) is 14.8. The third-order valence-corrected chi connectivity index (χ3v) is 3.98. The number of carboxylic acid groups (broad SMARTS) is 1. The molecule has 132 valence electrons. The summed E-state index contributed by atoms with van der Waals surface area (Å²) >= 11 is 0. The summed E-state index contributed by atoms with van der Waals surface area (Å²) in [6.07, 6.45) is 0.199. The zero-order chi connectivity index (χ0) is 18.4. The quantitative estimate of drug-likeness (QED) is 0.705. The van der Waals surface area contributed by atoms with E-state index >= 15 is 0 Å². The maximum absolute atomic E-state index is 12.4. The smallest absolute Gasteiger partial charge is 0.326 e. The number of aliphatic carboxylic acids is 1. The van der Waals surface area contributed by atoms with E-state index in [1.807, 2.05) is 32.0 Å². The summed E-state index contributed by atoms with van der Waals surface area (Å²) in [4.78, 5) is 35.2. The van der Waals surface area contributed by atoms with Crippen LogP contribution >= 0.6 is 0 Å². The Morgan fingerprint density at radius 2 is 1.62 bits per heavy atom. The fourth-order valence-electron chi connectivity index (χ4n) is 2.59. The maximum Gasteiger partial charge on any atom is 0.326 e. The van der Waals surface area contributed by atoms with Gasteiger partial charge in [0.05, 0.1) is 0 Å². The molecule has 0 aromatic heterocycles. The number of hydrogen-bond donors (Lipinski definition) is 3. The normalized spacial score (nSPS) is 13.2. The van der Waals surface area contributed by atoms with Gasteiger partial charge in [-0.2, -0.15) is 0 Å². The van der Waals surface area contributed by atoms with E-state index < -0.39 is 24.0 Å². The lowest BCUT2D eigenvalue weighted by atomic mass is 9.95. The van der Waals surface area contributed by atoms with E-state index in [-0.39, 0.29) is 18.2 Å². The monoisotopic (exact) mass is 334 g/mol. The molecule has 24 heavy (non-hydrogen) atoms. The SMILES string of the molecule is CC(=O)N[C@@H](C(=O)N[C@H](Cc1c(C)cccc1C)C(=O)O)C(C)C. The second kappa shape index (κ2) is 8.47. The molecule has 0 spiro atoms. The second-order valence-electron chi connectivity index (χ2n) is 6.40. The minimum Gasteiger partial charge on any atom is -0.480 e. The van der Waals surface area contributed by atoms with Gasteiger partial charge in [-0.15, -0.1) is 0 Å². The fourth-order valence-corrected chi connectivity index (χ4v) is 2.59. The molecule has 0 heterocycles. The Hall–Kier alpha value is -2.37. The number of rotatable bonds is 7. The van der Waals surface area contributed by atoms with Crippen molar-refractivity contribution in [1.82, 2.24) is 10.6 Å². The van der Waals surface area contributed by atoms with Crippen LogP contribution in [0.15, 0.2) is 18.2 Å². The lowest BCUT2D eigenvalue weighted by molar-refractivity contribution is -0.142. The minimum atomic E-state index is -1.10. The van der Waals surface area contributed by atoms with E-state index in [1.165, 1.54) is 6.92 Å². The van der Waals surface area contributed by atoms with Gasteiger partial charge in [0.25, 0.3) is 0 Å². The van der Waals surface area contributed by atoms with Crippen LogP contribution in [0.4, 0.5) is 0 Å².